The molecule has 1 fully saturated rings. The number of hydrogen-bond acceptors (Lipinski definition) is 5. The normalized spacial score (nSPS) is 16.1. The minimum atomic E-state index is -0.981. The zero-order chi connectivity index (χ0) is 27.3. The number of aliphatic hydroxyl groups is 1. The van der Waals surface area contributed by atoms with Crippen molar-refractivity contribution in [2.45, 2.75) is 50.5 Å². The van der Waals surface area contributed by atoms with Crippen LogP contribution in [0.2, 0.25) is 0 Å². The third-order valence-electron chi connectivity index (χ3n) is 7.03. The molecule has 202 valence electrons. The van der Waals surface area contributed by atoms with Gasteiger partial charge in [0.1, 0.15) is 18.2 Å². The van der Waals surface area contributed by atoms with Gasteiger partial charge in [-0.1, -0.05) is 68.4 Å². The fourth-order valence-electron chi connectivity index (χ4n) is 4.73. The molecule has 1 heterocycles. The van der Waals surface area contributed by atoms with E-state index in [0.717, 1.165) is 17.2 Å². The number of ether oxygens (including phenoxy) is 1. The average Bonchev–Trinajstić information content (AvgIpc) is 2.86. The summed E-state index contributed by atoms with van der Waals surface area (Å²) in [6.45, 7) is 5.28. The highest BCUT2D eigenvalue weighted by molar-refractivity contribution is 5.69. The van der Waals surface area contributed by atoms with Gasteiger partial charge in [-0.2, -0.15) is 0 Å². The Hall–Kier alpha value is -3.33. The molecule has 3 aromatic rings. The van der Waals surface area contributed by atoms with Crippen molar-refractivity contribution in [1.29, 1.82) is 0 Å². The van der Waals surface area contributed by atoms with E-state index in [1.165, 1.54) is 17.7 Å². The van der Waals surface area contributed by atoms with Crippen LogP contribution in [0, 0.1) is 11.6 Å². The molecule has 0 radical (unpaired) electrons. The van der Waals surface area contributed by atoms with Gasteiger partial charge in [0.05, 0.1) is 11.6 Å². The molecule has 1 saturated heterocycles. The molecule has 1 aliphatic heterocycles. The Bertz CT molecular complexity index is 1210. The molecular weight excluding hydrogens is 488 g/mol. The number of nitrogens with one attached hydrogen (secondary N) is 1. The maximum absolute atomic E-state index is 13.6. The van der Waals surface area contributed by atoms with E-state index in [2.05, 4.69) is 31.3 Å². The van der Waals surface area contributed by atoms with Gasteiger partial charge in [0.2, 0.25) is 0 Å². The number of benzene rings is 3. The summed E-state index contributed by atoms with van der Waals surface area (Å²) in [5, 5.41) is 14.2. The van der Waals surface area contributed by atoms with Crippen LogP contribution in [-0.4, -0.2) is 47.9 Å². The van der Waals surface area contributed by atoms with Crippen molar-refractivity contribution in [3.05, 3.63) is 107 Å². The first-order chi connectivity index (χ1) is 18.1. The lowest BCUT2D eigenvalue weighted by Gasteiger charge is -2.51. The second kappa shape index (κ2) is 12.0. The van der Waals surface area contributed by atoms with Crippen molar-refractivity contribution >= 4 is 6.09 Å². The Morgan fingerprint density at radius 3 is 2.37 bits per heavy atom. The molecule has 38 heavy (non-hydrogen) atoms. The molecule has 1 amide bonds. The topological polar surface area (TPSA) is 87.8 Å². The molecule has 0 aromatic heterocycles. The molecular formula is C30H35F2N3O3. The van der Waals surface area contributed by atoms with E-state index in [9.17, 15) is 18.7 Å². The highest BCUT2D eigenvalue weighted by Gasteiger charge is 2.47. The lowest BCUT2D eigenvalue weighted by molar-refractivity contribution is 0.0114. The summed E-state index contributed by atoms with van der Waals surface area (Å²) in [5.41, 5.74) is 9.05. The Kier molecular flexibility index (Phi) is 8.76. The largest absolute Gasteiger partial charge is 0.445 e. The number of likely N-dealkylation sites (tertiary alicyclic amines) is 1. The van der Waals surface area contributed by atoms with Crippen molar-refractivity contribution in [2.75, 3.05) is 19.6 Å². The number of carbonyl (C=O) groups is 1. The summed E-state index contributed by atoms with van der Waals surface area (Å²) in [4.78, 5) is 14.4. The van der Waals surface area contributed by atoms with E-state index in [1.807, 2.05) is 42.5 Å². The molecule has 0 spiro atoms. The van der Waals surface area contributed by atoms with Crippen LogP contribution in [-0.2, 0) is 23.3 Å². The van der Waals surface area contributed by atoms with Gasteiger partial charge in [-0.3, -0.25) is 0 Å². The van der Waals surface area contributed by atoms with Crippen LogP contribution in [0.4, 0.5) is 13.6 Å². The molecule has 2 atom stereocenters. The molecule has 1 aliphatic rings. The molecule has 4 rings (SSSR count). The number of rotatable bonds is 10. The van der Waals surface area contributed by atoms with Gasteiger partial charge in [-0.05, 0) is 46.7 Å². The van der Waals surface area contributed by atoms with Crippen LogP contribution in [0.5, 0.6) is 0 Å². The SMILES string of the molecule is CC(C)c1cccc(C2(NCC(O)C(N)Cc3cc(F)cc(F)c3)CN(C(=O)OCc3ccccc3)C2)c1. The van der Waals surface area contributed by atoms with E-state index in [-0.39, 0.29) is 19.6 Å². The first-order valence-electron chi connectivity index (χ1n) is 12.8. The Morgan fingerprint density at radius 1 is 1.03 bits per heavy atom. The Morgan fingerprint density at radius 2 is 1.71 bits per heavy atom. The smallest absolute Gasteiger partial charge is 0.410 e. The lowest BCUT2D eigenvalue weighted by atomic mass is 9.80. The van der Waals surface area contributed by atoms with E-state index in [1.54, 1.807) is 4.90 Å². The van der Waals surface area contributed by atoms with Crippen LogP contribution in [0.1, 0.15) is 42.0 Å². The number of hydrogen-bond donors (Lipinski definition) is 3. The second-order valence-electron chi connectivity index (χ2n) is 10.4. The first kappa shape index (κ1) is 27.7. The quantitative estimate of drug-likeness (QED) is 0.365. The number of nitrogens with two attached hydrogens (primary N) is 1. The van der Waals surface area contributed by atoms with Crippen molar-refractivity contribution in [3.63, 3.8) is 0 Å². The molecule has 0 saturated carbocycles. The van der Waals surface area contributed by atoms with E-state index < -0.39 is 35.4 Å². The van der Waals surface area contributed by atoms with Crippen LogP contribution in [0.25, 0.3) is 0 Å². The van der Waals surface area contributed by atoms with Gasteiger partial charge in [0.25, 0.3) is 0 Å². The summed E-state index contributed by atoms with van der Waals surface area (Å²) < 4.78 is 32.6. The summed E-state index contributed by atoms with van der Waals surface area (Å²) in [6, 6.07) is 20.2. The molecule has 4 N–H and O–H groups in total. The second-order valence-corrected chi connectivity index (χ2v) is 10.4. The summed E-state index contributed by atoms with van der Waals surface area (Å²) >= 11 is 0. The van der Waals surface area contributed by atoms with Gasteiger partial charge in [0.15, 0.2) is 0 Å². The van der Waals surface area contributed by atoms with Crippen molar-refractivity contribution in [3.8, 4) is 0 Å². The van der Waals surface area contributed by atoms with Crippen LogP contribution >= 0.6 is 0 Å². The standard InChI is InChI=1S/C30H35F2N3O3/c1-20(2)23-9-6-10-24(14-23)30(18-35(19-30)29(37)38-17-21-7-4-3-5-8-21)34-16-28(36)27(33)13-22-11-25(31)15-26(32)12-22/h3-12,14-15,20,27-28,34,36H,13,16-19,33H2,1-2H3. The van der Waals surface area contributed by atoms with Crippen molar-refractivity contribution < 1.29 is 23.4 Å². The van der Waals surface area contributed by atoms with Gasteiger partial charge in [-0.25, -0.2) is 13.6 Å². The predicted molar refractivity (Wildman–Crippen MR) is 142 cm³/mol. The van der Waals surface area contributed by atoms with E-state index in [4.69, 9.17) is 10.5 Å². The van der Waals surface area contributed by atoms with Gasteiger partial charge in [0, 0.05) is 31.7 Å². The van der Waals surface area contributed by atoms with Crippen molar-refractivity contribution in [1.82, 2.24) is 10.2 Å². The van der Waals surface area contributed by atoms with Crippen LogP contribution in [0.15, 0.2) is 72.8 Å². The van der Waals surface area contributed by atoms with Crippen LogP contribution < -0.4 is 11.1 Å². The molecule has 2 unspecified atom stereocenters. The highest BCUT2D eigenvalue weighted by atomic mass is 19.1. The fraction of sp³-hybridized carbons (Fsp3) is 0.367. The Labute approximate surface area is 222 Å². The molecule has 3 aromatic carbocycles. The third kappa shape index (κ3) is 6.75. The Balaban J connectivity index is 1.43. The summed E-state index contributed by atoms with van der Waals surface area (Å²) in [5.74, 6) is -1.04. The number of aliphatic hydroxyl groups excluding tert-OH is 1. The first-order valence-corrected chi connectivity index (χ1v) is 12.8. The van der Waals surface area contributed by atoms with Gasteiger partial charge >= 0.3 is 6.09 Å². The molecule has 0 bridgehead atoms. The van der Waals surface area contributed by atoms with E-state index in [0.29, 0.717) is 24.6 Å². The van der Waals surface area contributed by atoms with Crippen molar-refractivity contribution in [2.24, 2.45) is 5.73 Å². The number of amides is 1. The van der Waals surface area contributed by atoms with Gasteiger partial charge in [-0.15, -0.1) is 0 Å². The summed E-state index contributed by atoms with van der Waals surface area (Å²) in [7, 11) is 0. The predicted octanol–water partition coefficient (Wildman–Crippen LogP) is 4.46. The lowest BCUT2D eigenvalue weighted by Crippen LogP contribution is -2.69. The van der Waals surface area contributed by atoms with E-state index >= 15 is 0 Å². The maximum Gasteiger partial charge on any atom is 0.410 e. The fourth-order valence-corrected chi connectivity index (χ4v) is 4.73. The number of carbonyl (C=O) groups excluding carboxylic acids is 1. The van der Waals surface area contributed by atoms with Crippen LogP contribution in [0.3, 0.4) is 0 Å². The zero-order valence-electron chi connectivity index (χ0n) is 21.7. The minimum Gasteiger partial charge on any atom is -0.445 e. The monoisotopic (exact) mass is 523 g/mol. The molecule has 8 heteroatoms. The maximum atomic E-state index is 13.6. The average molecular weight is 524 g/mol. The summed E-state index contributed by atoms with van der Waals surface area (Å²) in [6.07, 6.45) is -1.27. The highest BCUT2D eigenvalue weighted by Crippen LogP contribution is 2.34. The number of halogens is 2. The minimum absolute atomic E-state index is 0.116. The van der Waals surface area contributed by atoms with Gasteiger partial charge < -0.3 is 25.8 Å². The number of nitrogens with zero attached hydrogens (tertiary/aromatic N) is 1. The molecule has 6 nitrogen and oxygen atoms in total. The third-order valence-corrected chi connectivity index (χ3v) is 7.03. The zero-order valence-corrected chi connectivity index (χ0v) is 21.7. The molecule has 0 aliphatic carbocycles.